The first-order valence-corrected chi connectivity index (χ1v) is 27.4. The topological polar surface area (TPSA) is 105 Å². The molecule has 0 aromatic rings. The largest absolute Gasteiger partial charge is 0.472 e. The molecule has 1 amide bonds. The fourth-order valence-electron chi connectivity index (χ4n) is 7.99. The highest BCUT2D eigenvalue weighted by atomic mass is 31.2. The zero-order valence-corrected chi connectivity index (χ0v) is 41.2. The molecule has 0 rings (SSSR count). The van der Waals surface area contributed by atoms with E-state index in [4.69, 9.17) is 9.05 Å². The Bertz CT molecular complexity index is 932. The SMILES string of the molecule is CCCCCCCCCCCCCCCCCCCCCCCCCCC(O)C(COP(=O)(O)OCC[N+](C)(C)C)NC(=O)CCCCCCCCCCCCCCC. The third kappa shape index (κ3) is 45.3. The first-order valence-electron chi connectivity index (χ1n) is 25.9. The average Bonchev–Trinajstić information content (AvgIpc) is 3.19. The van der Waals surface area contributed by atoms with E-state index in [1.807, 2.05) is 21.1 Å². The number of aliphatic hydroxyl groups excluding tert-OH is 1. The van der Waals surface area contributed by atoms with Crippen LogP contribution in [0.1, 0.15) is 264 Å². The van der Waals surface area contributed by atoms with Gasteiger partial charge in [0, 0.05) is 6.42 Å². The number of carbonyl (C=O) groups is 1. The van der Waals surface area contributed by atoms with Crippen LogP contribution in [0.15, 0.2) is 0 Å². The van der Waals surface area contributed by atoms with E-state index in [0.717, 1.165) is 38.5 Å². The quantitative estimate of drug-likeness (QED) is 0.0320. The van der Waals surface area contributed by atoms with Crippen LogP contribution in [0.2, 0.25) is 0 Å². The van der Waals surface area contributed by atoms with Gasteiger partial charge >= 0.3 is 7.82 Å². The number of carbonyl (C=O) groups excluding carboxylic acids is 1. The number of phosphoric ester groups is 1. The normalized spacial score (nSPS) is 14.1. The standard InChI is InChI=1S/C50H103N2O6P/c1-6-8-10-12-14-16-18-20-21-22-23-24-25-26-27-28-29-30-32-33-35-37-39-41-43-49(53)48(47-58-59(55,56)57-46-45-52(3,4)5)51-50(54)44-42-40-38-36-34-31-19-17-15-13-11-9-7-2/h48-49,53H,6-47H2,1-5H3,(H-,51,54,55,56)/p+1. The molecule has 0 aliphatic carbocycles. The number of rotatable bonds is 48. The number of nitrogens with one attached hydrogen (secondary N) is 1. The molecule has 3 atom stereocenters. The highest BCUT2D eigenvalue weighted by Crippen LogP contribution is 2.43. The number of aliphatic hydroxyl groups is 1. The van der Waals surface area contributed by atoms with Crippen molar-refractivity contribution in [3.63, 3.8) is 0 Å². The number of phosphoric acid groups is 1. The molecule has 0 radical (unpaired) electrons. The van der Waals surface area contributed by atoms with Crippen LogP contribution in [0.5, 0.6) is 0 Å². The molecular formula is C50H104N2O6P+. The summed E-state index contributed by atoms with van der Waals surface area (Å²) in [5.74, 6) is -0.140. The first kappa shape index (κ1) is 58.5. The molecule has 0 saturated heterocycles. The maximum Gasteiger partial charge on any atom is 0.472 e. The van der Waals surface area contributed by atoms with E-state index < -0.39 is 20.0 Å². The van der Waals surface area contributed by atoms with E-state index in [9.17, 15) is 19.4 Å². The predicted molar refractivity (Wildman–Crippen MR) is 254 cm³/mol. The van der Waals surface area contributed by atoms with Crippen LogP contribution in [-0.4, -0.2) is 73.4 Å². The van der Waals surface area contributed by atoms with Gasteiger partial charge in [-0.3, -0.25) is 13.8 Å². The van der Waals surface area contributed by atoms with E-state index in [0.29, 0.717) is 23.9 Å². The summed E-state index contributed by atoms with van der Waals surface area (Å²) in [7, 11) is 1.63. The van der Waals surface area contributed by atoms with Gasteiger partial charge in [0.15, 0.2) is 0 Å². The smallest absolute Gasteiger partial charge is 0.391 e. The number of quaternary nitrogens is 1. The van der Waals surface area contributed by atoms with Crippen molar-refractivity contribution in [1.82, 2.24) is 5.32 Å². The summed E-state index contributed by atoms with van der Waals surface area (Å²) in [5.41, 5.74) is 0. The molecule has 9 heteroatoms. The van der Waals surface area contributed by atoms with E-state index in [1.54, 1.807) is 0 Å². The van der Waals surface area contributed by atoms with Crippen LogP contribution < -0.4 is 5.32 Å². The summed E-state index contributed by atoms with van der Waals surface area (Å²) >= 11 is 0. The van der Waals surface area contributed by atoms with Crippen LogP contribution in [0, 0.1) is 0 Å². The maximum atomic E-state index is 12.9. The minimum Gasteiger partial charge on any atom is -0.391 e. The van der Waals surface area contributed by atoms with Crippen molar-refractivity contribution in [3.8, 4) is 0 Å². The molecule has 354 valence electrons. The Kier molecular flexibility index (Phi) is 42.4. The Morgan fingerprint density at radius 1 is 0.508 bits per heavy atom. The van der Waals surface area contributed by atoms with Gasteiger partial charge in [-0.2, -0.15) is 0 Å². The van der Waals surface area contributed by atoms with Crippen LogP contribution in [0.25, 0.3) is 0 Å². The lowest BCUT2D eigenvalue weighted by Crippen LogP contribution is -2.46. The molecule has 0 saturated carbocycles. The zero-order valence-electron chi connectivity index (χ0n) is 40.3. The molecule has 0 aromatic carbocycles. The average molecular weight is 860 g/mol. The predicted octanol–water partition coefficient (Wildman–Crippen LogP) is 14.9. The number of hydrogen-bond acceptors (Lipinski definition) is 5. The molecule has 59 heavy (non-hydrogen) atoms. The highest BCUT2D eigenvalue weighted by Gasteiger charge is 2.28. The molecule has 0 spiro atoms. The Labute approximate surface area is 368 Å². The Balaban J connectivity index is 4.14. The van der Waals surface area contributed by atoms with E-state index in [2.05, 4.69) is 19.2 Å². The molecule has 0 heterocycles. The first-order chi connectivity index (χ1) is 28.5. The molecule has 3 N–H and O–H groups in total. The van der Waals surface area contributed by atoms with Crippen LogP contribution in [0.4, 0.5) is 0 Å². The molecule has 3 unspecified atom stereocenters. The van der Waals surface area contributed by atoms with Gasteiger partial charge in [0.1, 0.15) is 13.2 Å². The van der Waals surface area contributed by atoms with E-state index >= 15 is 0 Å². The Hall–Kier alpha value is -0.500. The van der Waals surface area contributed by atoms with E-state index in [1.165, 1.54) is 199 Å². The van der Waals surface area contributed by atoms with Gasteiger partial charge in [0.05, 0.1) is 39.9 Å². The summed E-state index contributed by atoms with van der Waals surface area (Å²) in [5, 5.41) is 14.0. The van der Waals surface area contributed by atoms with Gasteiger partial charge in [-0.05, 0) is 12.8 Å². The lowest BCUT2D eigenvalue weighted by molar-refractivity contribution is -0.870. The summed E-state index contributed by atoms with van der Waals surface area (Å²) in [4.78, 5) is 23.2. The maximum absolute atomic E-state index is 12.9. The molecular weight excluding hydrogens is 756 g/mol. The van der Waals surface area contributed by atoms with Crippen molar-refractivity contribution in [1.29, 1.82) is 0 Å². The second-order valence-corrected chi connectivity index (χ2v) is 20.7. The van der Waals surface area contributed by atoms with Crippen molar-refractivity contribution in [2.45, 2.75) is 276 Å². The Morgan fingerprint density at radius 3 is 1.14 bits per heavy atom. The minimum atomic E-state index is -4.31. The third-order valence-corrected chi connectivity index (χ3v) is 13.1. The molecule has 0 aliphatic heterocycles. The lowest BCUT2D eigenvalue weighted by atomic mass is 10.0. The molecule has 0 fully saturated rings. The monoisotopic (exact) mass is 860 g/mol. The van der Waals surface area contributed by atoms with Crippen molar-refractivity contribution < 1.29 is 32.9 Å². The number of hydrogen-bond donors (Lipinski definition) is 3. The van der Waals surface area contributed by atoms with Crippen molar-refractivity contribution in [2.75, 3.05) is 40.9 Å². The fourth-order valence-corrected chi connectivity index (χ4v) is 8.73. The third-order valence-electron chi connectivity index (χ3n) is 12.1. The highest BCUT2D eigenvalue weighted by molar-refractivity contribution is 7.47. The van der Waals surface area contributed by atoms with Crippen molar-refractivity contribution >= 4 is 13.7 Å². The van der Waals surface area contributed by atoms with Gasteiger partial charge < -0.3 is 19.8 Å². The van der Waals surface area contributed by atoms with E-state index in [-0.39, 0.29) is 19.1 Å². The summed E-state index contributed by atoms with van der Waals surface area (Å²) in [6.07, 6.45) is 48.6. The Morgan fingerprint density at radius 2 is 0.814 bits per heavy atom. The molecule has 8 nitrogen and oxygen atoms in total. The summed E-state index contributed by atoms with van der Waals surface area (Å²) < 4.78 is 23.7. The fraction of sp³-hybridized carbons (Fsp3) is 0.980. The zero-order chi connectivity index (χ0) is 43.6. The van der Waals surface area contributed by atoms with Crippen molar-refractivity contribution in [3.05, 3.63) is 0 Å². The van der Waals surface area contributed by atoms with Crippen LogP contribution in [-0.2, 0) is 18.4 Å². The van der Waals surface area contributed by atoms with Crippen LogP contribution >= 0.6 is 7.82 Å². The van der Waals surface area contributed by atoms with Gasteiger partial charge in [-0.25, -0.2) is 4.57 Å². The van der Waals surface area contributed by atoms with Gasteiger partial charge in [-0.1, -0.05) is 245 Å². The van der Waals surface area contributed by atoms with Gasteiger partial charge in [-0.15, -0.1) is 0 Å². The number of unbranched alkanes of at least 4 members (excludes halogenated alkanes) is 35. The molecule has 0 aliphatic rings. The summed E-state index contributed by atoms with van der Waals surface area (Å²) in [6.45, 7) is 4.92. The molecule has 0 bridgehead atoms. The minimum absolute atomic E-state index is 0.0788. The summed E-state index contributed by atoms with van der Waals surface area (Å²) in [6, 6.07) is -0.753. The van der Waals surface area contributed by atoms with Gasteiger partial charge in [0.2, 0.25) is 5.91 Å². The second-order valence-electron chi connectivity index (χ2n) is 19.3. The van der Waals surface area contributed by atoms with Gasteiger partial charge in [0.25, 0.3) is 0 Å². The number of nitrogens with zero attached hydrogens (tertiary/aromatic N) is 1. The van der Waals surface area contributed by atoms with Crippen LogP contribution in [0.3, 0.4) is 0 Å². The van der Waals surface area contributed by atoms with Crippen molar-refractivity contribution in [2.24, 2.45) is 0 Å². The second kappa shape index (κ2) is 42.8. The lowest BCUT2D eigenvalue weighted by Gasteiger charge is -2.26. The number of likely N-dealkylation sites (N-methyl/N-ethyl adjacent to an activating group) is 1. The molecule has 0 aromatic heterocycles. The number of amides is 1.